The first-order valence-corrected chi connectivity index (χ1v) is 6.34. The van der Waals surface area contributed by atoms with Crippen molar-refractivity contribution in [3.63, 3.8) is 0 Å². The van der Waals surface area contributed by atoms with Gasteiger partial charge in [-0.3, -0.25) is 4.79 Å². The summed E-state index contributed by atoms with van der Waals surface area (Å²) in [7, 11) is 0. The molecule has 0 aromatic carbocycles. The fraction of sp³-hybridized carbons (Fsp3) is 0.923. The Bertz CT molecular complexity index is 181. The second-order valence-corrected chi connectivity index (χ2v) is 5.12. The molecule has 0 unspecified atom stereocenters. The van der Waals surface area contributed by atoms with E-state index in [4.69, 9.17) is 4.74 Å². The van der Waals surface area contributed by atoms with Gasteiger partial charge in [0.15, 0.2) is 0 Å². The van der Waals surface area contributed by atoms with Crippen molar-refractivity contribution in [2.45, 2.75) is 58.8 Å². The third kappa shape index (κ3) is 5.81. The van der Waals surface area contributed by atoms with Gasteiger partial charge in [-0.1, -0.05) is 46.0 Å². The van der Waals surface area contributed by atoms with E-state index in [0.717, 1.165) is 12.3 Å². The molecule has 0 amide bonds. The highest BCUT2D eigenvalue weighted by molar-refractivity contribution is 5.69. The predicted octanol–water partition coefficient (Wildman–Crippen LogP) is 3.55. The minimum Gasteiger partial charge on any atom is -0.465 e. The quantitative estimate of drug-likeness (QED) is 0.651. The standard InChI is InChI=1S/C13H24O2/c1-11(2)10-15-13(14)9-8-12-6-4-3-5-7-12/h11-12H,3-10H2,1-2H3. The van der Waals surface area contributed by atoms with Crippen molar-refractivity contribution >= 4 is 5.97 Å². The summed E-state index contributed by atoms with van der Waals surface area (Å²) < 4.78 is 5.16. The van der Waals surface area contributed by atoms with E-state index in [-0.39, 0.29) is 5.97 Å². The molecule has 0 bridgehead atoms. The summed E-state index contributed by atoms with van der Waals surface area (Å²) in [5.74, 6) is 1.23. The van der Waals surface area contributed by atoms with Crippen LogP contribution in [0, 0.1) is 11.8 Å². The van der Waals surface area contributed by atoms with Crippen LogP contribution in [0.25, 0.3) is 0 Å². The Labute approximate surface area is 93.4 Å². The largest absolute Gasteiger partial charge is 0.465 e. The molecule has 0 aliphatic heterocycles. The Morgan fingerprint density at radius 1 is 1.27 bits per heavy atom. The molecule has 0 N–H and O–H groups in total. The fourth-order valence-corrected chi connectivity index (χ4v) is 2.13. The summed E-state index contributed by atoms with van der Waals surface area (Å²) in [6, 6.07) is 0. The number of carbonyl (C=O) groups is 1. The maximum Gasteiger partial charge on any atom is 0.305 e. The maximum atomic E-state index is 11.4. The molecule has 0 aromatic heterocycles. The first kappa shape index (κ1) is 12.5. The minimum atomic E-state index is -0.00530. The highest BCUT2D eigenvalue weighted by Gasteiger charge is 2.15. The molecule has 0 aromatic rings. The van der Waals surface area contributed by atoms with E-state index in [1.54, 1.807) is 0 Å². The Balaban J connectivity index is 2.05. The van der Waals surface area contributed by atoms with Gasteiger partial charge in [0, 0.05) is 6.42 Å². The van der Waals surface area contributed by atoms with Gasteiger partial charge in [-0.05, 0) is 18.3 Å². The molecule has 88 valence electrons. The molecule has 0 heterocycles. The zero-order valence-corrected chi connectivity index (χ0v) is 10.1. The highest BCUT2D eigenvalue weighted by Crippen LogP contribution is 2.27. The molecular formula is C13H24O2. The second-order valence-electron chi connectivity index (χ2n) is 5.12. The molecular weight excluding hydrogens is 188 g/mol. The zero-order valence-electron chi connectivity index (χ0n) is 10.1. The molecule has 1 aliphatic carbocycles. The van der Waals surface area contributed by atoms with Crippen LogP contribution in [0.3, 0.4) is 0 Å². The third-order valence-corrected chi connectivity index (χ3v) is 3.06. The van der Waals surface area contributed by atoms with Gasteiger partial charge in [0.2, 0.25) is 0 Å². The van der Waals surface area contributed by atoms with Gasteiger partial charge in [0.25, 0.3) is 0 Å². The van der Waals surface area contributed by atoms with Crippen LogP contribution in [0.2, 0.25) is 0 Å². The van der Waals surface area contributed by atoms with Crippen molar-refractivity contribution in [3.05, 3.63) is 0 Å². The lowest BCUT2D eigenvalue weighted by atomic mass is 9.86. The summed E-state index contributed by atoms with van der Waals surface area (Å²) in [6.45, 7) is 4.70. The number of hydrogen-bond acceptors (Lipinski definition) is 2. The van der Waals surface area contributed by atoms with Crippen LogP contribution in [0.1, 0.15) is 58.8 Å². The lowest BCUT2D eigenvalue weighted by molar-refractivity contribution is -0.145. The van der Waals surface area contributed by atoms with Crippen molar-refractivity contribution in [2.75, 3.05) is 6.61 Å². The average molecular weight is 212 g/mol. The van der Waals surface area contributed by atoms with Crippen LogP contribution in [0.4, 0.5) is 0 Å². The van der Waals surface area contributed by atoms with E-state index in [9.17, 15) is 4.79 Å². The van der Waals surface area contributed by atoms with Gasteiger partial charge in [0.05, 0.1) is 6.61 Å². The lowest BCUT2D eigenvalue weighted by Crippen LogP contribution is -2.13. The molecule has 0 saturated heterocycles. The van der Waals surface area contributed by atoms with Gasteiger partial charge in [-0.15, -0.1) is 0 Å². The SMILES string of the molecule is CC(C)COC(=O)CCC1CCCCC1. The van der Waals surface area contributed by atoms with Crippen LogP contribution in [0.15, 0.2) is 0 Å². The lowest BCUT2D eigenvalue weighted by Gasteiger charge is -2.20. The smallest absolute Gasteiger partial charge is 0.305 e. The second kappa shape index (κ2) is 6.86. The molecule has 1 saturated carbocycles. The van der Waals surface area contributed by atoms with Crippen LogP contribution >= 0.6 is 0 Å². The number of esters is 1. The molecule has 0 spiro atoms. The summed E-state index contributed by atoms with van der Waals surface area (Å²) >= 11 is 0. The van der Waals surface area contributed by atoms with E-state index in [2.05, 4.69) is 13.8 Å². The van der Waals surface area contributed by atoms with Crippen molar-refractivity contribution in [1.29, 1.82) is 0 Å². The Kier molecular flexibility index (Phi) is 5.74. The van der Waals surface area contributed by atoms with E-state index in [0.29, 0.717) is 18.9 Å². The third-order valence-electron chi connectivity index (χ3n) is 3.06. The van der Waals surface area contributed by atoms with E-state index in [1.165, 1.54) is 32.1 Å². The van der Waals surface area contributed by atoms with Crippen LogP contribution in [-0.4, -0.2) is 12.6 Å². The highest BCUT2D eigenvalue weighted by atomic mass is 16.5. The normalized spacial score (nSPS) is 18.1. The summed E-state index contributed by atoms with van der Waals surface area (Å²) in [5, 5.41) is 0. The first-order valence-electron chi connectivity index (χ1n) is 6.34. The molecule has 1 fully saturated rings. The minimum absolute atomic E-state index is 0.00530. The average Bonchev–Trinajstić information content (AvgIpc) is 2.25. The topological polar surface area (TPSA) is 26.3 Å². The number of rotatable bonds is 5. The number of ether oxygens (including phenoxy) is 1. The van der Waals surface area contributed by atoms with Gasteiger partial charge in [-0.25, -0.2) is 0 Å². The fourth-order valence-electron chi connectivity index (χ4n) is 2.13. The monoisotopic (exact) mass is 212 g/mol. The van der Waals surface area contributed by atoms with Crippen LogP contribution in [-0.2, 0) is 9.53 Å². The Morgan fingerprint density at radius 3 is 2.53 bits per heavy atom. The molecule has 2 nitrogen and oxygen atoms in total. The molecule has 0 radical (unpaired) electrons. The maximum absolute atomic E-state index is 11.4. The van der Waals surface area contributed by atoms with E-state index < -0.39 is 0 Å². The number of hydrogen-bond donors (Lipinski definition) is 0. The zero-order chi connectivity index (χ0) is 11.1. The molecule has 1 aliphatic rings. The van der Waals surface area contributed by atoms with Gasteiger partial charge >= 0.3 is 5.97 Å². The van der Waals surface area contributed by atoms with Crippen LogP contribution in [0.5, 0.6) is 0 Å². The Morgan fingerprint density at radius 2 is 1.93 bits per heavy atom. The molecule has 2 heteroatoms. The van der Waals surface area contributed by atoms with E-state index in [1.807, 2.05) is 0 Å². The van der Waals surface area contributed by atoms with E-state index >= 15 is 0 Å². The predicted molar refractivity (Wildman–Crippen MR) is 61.6 cm³/mol. The number of carbonyl (C=O) groups excluding carboxylic acids is 1. The van der Waals surface area contributed by atoms with Crippen molar-refractivity contribution in [1.82, 2.24) is 0 Å². The molecule has 0 atom stereocenters. The van der Waals surface area contributed by atoms with Gasteiger partial charge in [0.1, 0.15) is 0 Å². The molecule has 1 rings (SSSR count). The van der Waals surface area contributed by atoms with Crippen molar-refractivity contribution in [3.8, 4) is 0 Å². The molecule has 15 heavy (non-hydrogen) atoms. The summed E-state index contributed by atoms with van der Waals surface area (Å²) in [6.07, 6.45) is 8.38. The summed E-state index contributed by atoms with van der Waals surface area (Å²) in [5.41, 5.74) is 0. The van der Waals surface area contributed by atoms with Crippen molar-refractivity contribution < 1.29 is 9.53 Å². The summed E-state index contributed by atoms with van der Waals surface area (Å²) in [4.78, 5) is 11.4. The Hall–Kier alpha value is -0.530. The van der Waals surface area contributed by atoms with Gasteiger partial charge < -0.3 is 4.74 Å². The van der Waals surface area contributed by atoms with Crippen molar-refractivity contribution in [2.24, 2.45) is 11.8 Å². The van der Waals surface area contributed by atoms with Crippen LogP contribution < -0.4 is 0 Å². The first-order chi connectivity index (χ1) is 7.18. The van der Waals surface area contributed by atoms with Gasteiger partial charge in [-0.2, -0.15) is 0 Å².